The first-order chi connectivity index (χ1) is 17.4. The zero-order valence-corrected chi connectivity index (χ0v) is 20.8. The van der Waals surface area contributed by atoms with Gasteiger partial charge in [0.05, 0.1) is 30.2 Å². The van der Waals surface area contributed by atoms with Gasteiger partial charge in [0.2, 0.25) is 5.91 Å². The van der Waals surface area contributed by atoms with Crippen molar-refractivity contribution in [1.82, 2.24) is 4.57 Å². The summed E-state index contributed by atoms with van der Waals surface area (Å²) in [5.74, 6) is -0.452. The number of fused-ring (bicyclic) bond motifs is 2. The lowest BCUT2D eigenvalue weighted by Crippen LogP contribution is -2.28. The van der Waals surface area contributed by atoms with Crippen molar-refractivity contribution in [1.29, 1.82) is 5.41 Å². The van der Waals surface area contributed by atoms with Gasteiger partial charge in [0.15, 0.2) is 11.5 Å². The molecule has 4 N–H and O–H groups in total. The Morgan fingerprint density at radius 3 is 2.51 bits per heavy atom. The van der Waals surface area contributed by atoms with Crippen LogP contribution in [0.4, 0.5) is 14.5 Å². The molecule has 0 unspecified atom stereocenters. The number of aliphatic hydroxyl groups excluding tert-OH is 2. The molecule has 3 aromatic rings. The van der Waals surface area contributed by atoms with E-state index in [1.54, 1.807) is 12.1 Å². The second-order valence-electron chi connectivity index (χ2n) is 10.7. The first-order valence-electron chi connectivity index (χ1n) is 12.1. The molecule has 8 nitrogen and oxygen atoms in total. The molecule has 1 aliphatic heterocycles. The van der Waals surface area contributed by atoms with E-state index in [1.165, 1.54) is 18.3 Å². The van der Waals surface area contributed by atoms with Gasteiger partial charge in [-0.05, 0) is 48.7 Å². The van der Waals surface area contributed by atoms with Crippen LogP contribution in [0.5, 0.6) is 11.5 Å². The van der Waals surface area contributed by atoms with Crippen molar-refractivity contribution in [3.63, 3.8) is 0 Å². The fourth-order valence-corrected chi connectivity index (χ4v) is 4.98. The molecule has 1 saturated carbocycles. The molecule has 2 heterocycles. The molecule has 37 heavy (non-hydrogen) atoms. The van der Waals surface area contributed by atoms with Crippen LogP contribution in [0.25, 0.3) is 10.9 Å². The molecule has 2 aliphatic rings. The molecule has 1 atom stereocenters. The van der Waals surface area contributed by atoms with Gasteiger partial charge in [0.1, 0.15) is 0 Å². The third kappa shape index (κ3) is 4.44. The molecule has 0 saturated heterocycles. The normalized spacial score (nSPS) is 18.0. The molecule has 1 aliphatic carbocycles. The Bertz CT molecular complexity index is 1410. The molecular formula is C27H29F2N3O5. The zero-order chi connectivity index (χ0) is 26.8. The van der Waals surface area contributed by atoms with Crippen molar-refractivity contribution < 1.29 is 33.3 Å². The summed E-state index contributed by atoms with van der Waals surface area (Å²) < 4.78 is 37.8. The van der Waals surface area contributed by atoms with Gasteiger partial charge in [-0.1, -0.05) is 26.8 Å². The second-order valence-corrected chi connectivity index (χ2v) is 10.7. The Kier molecular flexibility index (Phi) is 5.80. The quantitative estimate of drug-likeness (QED) is 0.352. The maximum absolute atomic E-state index is 13.4. The molecule has 0 radical (unpaired) electrons. The van der Waals surface area contributed by atoms with Gasteiger partial charge < -0.3 is 35.0 Å². The highest BCUT2D eigenvalue weighted by atomic mass is 19.3. The summed E-state index contributed by atoms with van der Waals surface area (Å²) in [6, 6.07) is 9.88. The highest BCUT2D eigenvalue weighted by Crippen LogP contribution is 2.52. The summed E-state index contributed by atoms with van der Waals surface area (Å²) in [6.07, 6.45) is -2.40. The number of hydrogen-bond donors (Lipinski definition) is 4. The molecule has 0 spiro atoms. The lowest BCUT2D eigenvalue weighted by molar-refractivity contribution is -0.286. The summed E-state index contributed by atoms with van der Waals surface area (Å²) in [4.78, 5) is 13.4. The first-order valence-corrected chi connectivity index (χ1v) is 12.1. The van der Waals surface area contributed by atoms with Crippen LogP contribution < -0.4 is 14.8 Å². The minimum atomic E-state index is -3.73. The summed E-state index contributed by atoms with van der Waals surface area (Å²) >= 11 is 0. The number of carbonyl (C=O) groups is 1. The number of aliphatic hydroxyl groups is 2. The number of amides is 1. The number of alkyl halides is 2. The summed E-state index contributed by atoms with van der Waals surface area (Å²) in [6.45, 7) is 5.87. The Labute approximate surface area is 212 Å². The van der Waals surface area contributed by atoms with Crippen molar-refractivity contribution in [2.24, 2.45) is 0 Å². The van der Waals surface area contributed by atoms with Gasteiger partial charge in [0.25, 0.3) is 0 Å². The zero-order valence-electron chi connectivity index (χ0n) is 20.8. The van der Waals surface area contributed by atoms with E-state index >= 15 is 0 Å². The third-order valence-corrected chi connectivity index (χ3v) is 6.95. The van der Waals surface area contributed by atoms with Gasteiger partial charge in [-0.15, -0.1) is 8.78 Å². The molecular weight excluding hydrogens is 484 g/mol. The average molecular weight is 514 g/mol. The number of aromatic nitrogens is 1. The fraction of sp³-hybridized carbons (Fsp3) is 0.407. The molecule has 10 heteroatoms. The van der Waals surface area contributed by atoms with Crippen LogP contribution in [0.2, 0.25) is 0 Å². The Hall–Kier alpha value is -3.50. The third-order valence-electron chi connectivity index (χ3n) is 6.95. The van der Waals surface area contributed by atoms with Crippen molar-refractivity contribution >= 4 is 28.7 Å². The van der Waals surface area contributed by atoms with Crippen LogP contribution in [-0.4, -0.2) is 45.9 Å². The maximum Gasteiger partial charge on any atom is 0.586 e. The minimum Gasteiger partial charge on any atom is -0.395 e. The van der Waals surface area contributed by atoms with Gasteiger partial charge in [-0.3, -0.25) is 4.79 Å². The Morgan fingerprint density at radius 1 is 1.19 bits per heavy atom. The molecule has 1 fully saturated rings. The number of ether oxygens (including phenoxy) is 2. The predicted octanol–water partition coefficient (Wildman–Crippen LogP) is 4.28. The monoisotopic (exact) mass is 513 g/mol. The highest BCUT2D eigenvalue weighted by Gasteiger charge is 2.52. The Balaban J connectivity index is 1.49. The second kappa shape index (κ2) is 8.53. The van der Waals surface area contributed by atoms with Crippen LogP contribution in [-0.2, 0) is 22.2 Å². The first kappa shape index (κ1) is 25.2. The summed E-state index contributed by atoms with van der Waals surface area (Å²) in [5.41, 5.74) is 2.09. The molecule has 0 bridgehead atoms. The van der Waals surface area contributed by atoms with Crippen LogP contribution in [0.3, 0.4) is 0 Å². The maximum atomic E-state index is 13.4. The van der Waals surface area contributed by atoms with E-state index in [4.69, 9.17) is 5.41 Å². The van der Waals surface area contributed by atoms with Crippen molar-refractivity contribution in [3.05, 3.63) is 53.2 Å². The molecule has 1 aromatic heterocycles. The van der Waals surface area contributed by atoms with Gasteiger partial charge >= 0.3 is 6.29 Å². The molecule has 1 amide bonds. The predicted molar refractivity (Wildman–Crippen MR) is 134 cm³/mol. The van der Waals surface area contributed by atoms with E-state index < -0.39 is 24.4 Å². The fourth-order valence-electron chi connectivity index (χ4n) is 4.98. The molecule has 5 rings (SSSR count). The van der Waals surface area contributed by atoms with Crippen molar-refractivity contribution in [3.8, 4) is 11.5 Å². The topological polar surface area (TPSA) is 117 Å². The average Bonchev–Trinajstić information content (AvgIpc) is 3.46. The lowest BCUT2D eigenvalue weighted by atomic mass is 9.92. The number of carbonyl (C=O) groups excluding carboxylic acids is 1. The van der Waals surface area contributed by atoms with E-state index in [-0.39, 0.29) is 29.4 Å². The van der Waals surface area contributed by atoms with E-state index in [1.807, 2.05) is 37.5 Å². The van der Waals surface area contributed by atoms with E-state index in [9.17, 15) is 23.8 Å². The van der Waals surface area contributed by atoms with Crippen molar-refractivity contribution in [2.45, 2.75) is 63.4 Å². The number of rotatable bonds is 7. The molecule has 196 valence electrons. The highest BCUT2D eigenvalue weighted by molar-refractivity contribution is 6.05. The number of nitrogens with one attached hydrogen (secondary N) is 2. The SMILES string of the molecule is CC(C)(C)c1cc2cc(NC(=O)C3(c4ccc5c(c4)OC(F)(F)O5)CC3)cc(C=N)c2n1C[C@@H](O)CO. The van der Waals surface area contributed by atoms with Crippen LogP contribution >= 0.6 is 0 Å². The smallest absolute Gasteiger partial charge is 0.395 e. The largest absolute Gasteiger partial charge is 0.586 e. The summed E-state index contributed by atoms with van der Waals surface area (Å²) in [5, 5.41) is 31.3. The van der Waals surface area contributed by atoms with Gasteiger partial charge in [0, 0.05) is 34.0 Å². The number of hydrogen-bond acceptors (Lipinski definition) is 6. The molecule has 2 aromatic carbocycles. The number of nitrogens with zero attached hydrogens (tertiary/aromatic N) is 1. The van der Waals surface area contributed by atoms with Crippen molar-refractivity contribution in [2.75, 3.05) is 11.9 Å². The lowest BCUT2D eigenvalue weighted by Gasteiger charge is -2.23. The van der Waals surface area contributed by atoms with Crippen LogP contribution in [0.1, 0.15) is 50.4 Å². The van der Waals surface area contributed by atoms with Gasteiger partial charge in [-0.25, -0.2) is 0 Å². The van der Waals surface area contributed by atoms with Crippen LogP contribution in [0, 0.1) is 5.41 Å². The number of anilines is 1. The Morgan fingerprint density at radius 2 is 1.89 bits per heavy atom. The van der Waals surface area contributed by atoms with E-state index in [0.29, 0.717) is 29.7 Å². The van der Waals surface area contributed by atoms with E-state index in [0.717, 1.165) is 16.6 Å². The minimum absolute atomic E-state index is 0.0727. The standard InChI is InChI=1S/C27H29F2N3O5/c1-25(2,3)22-10-15-8-18(9-16(12-30)23(15)32(22)13-19(34)14-33)31-24(35)26(6-7-26)17-4-5-20-21(11-17)37-27(28,29)36-20/h4-5,8-12,19,30,33-34H,6-7,13-14H2,1-3H3,(H,31,35)/t19-/m1/s1. The van der Waals surface area contributed by atoms with Gasteiger partial charge in [-0.2, -0.15) is 0 Å². The van der Waals surface area contributed by atoms with E-state index in [2.05, 4.69) is 14.8 Å². The summed E-state index contributed by atoms with van der Waals surface area (Å²) in [7, 11) is 0. The number of benzene rings is 2. The van der Waals surface area contributed by atoms with Crippen LogP contribution in [0.15, 0.2) is 36.4 Å². The number of halogens is 2.